The minimum absolute atomic E-state index is 0.491. The van der Waals surface area contributed by atoms with Gasteiger partial charge in [-0.3, -0.25) is 0 Å². The molecule has 4 nitrogen and oxygen atoms in total. The molecule has 4 heteroatoms. The van der Waals surface area contributed by atoms with Gasteiger partial charge in [-0.05, 0) is 24.6 Å². The number of carbonyl (C=O) groups is 1. The molecule has 1 aromatic carbocycles. The van der Waals surface area contributed by atoms with Crippen LogP contribution in [-0.2, 0) is 9.53 Å². The van der Waals surface area contributed by atoms with Gasteiger partial charge in [0.15, 0.2) is 0 Å². The monoisotopic (exact) mass is 235 g/mol. The highest BCUT2D eigenvalue weighted by Crippen LogP contribution is 2.26. The van der Waals surface area contributed by atoms with Crippen molar-refractivity contribution in [2.24, 2.45) is 0 Å². The van der Waals surface area contributed by atoms with Gasteiger partial charge in [0.05, 0.1) is 0 Å². The van der Waals surface area contributed by atoms with Crippen molar-refractivity contribution >= 4 is 11.7 Å². The fourth-order valence-electron chi connectivity index (χ4n) is 2.11. The van der Waals surface area contributed by atoms with E-state index in [4.69, 9.17) is 4.74 Å². The van der Waals surface area contributed by atoms with Crippen LogP contribution in [0, 0.1) is 6.92 Å². The Kier molecular flexibility index (Phi) is 3.33. The third-order valence-corrected chi connectivity index (χ3v) is 3.16. The van der Waals surface area contributed by atoms with Crippen LogP contribution in [0.25, 0.3) is 0 Å². The van der Waals surface area contributed by atoms with Gasteiger partial charge in [-0.25, -0.2) is 4.79 Å². The van der Waals surface area contributed by atoms with Gasteiger partial charge in [-0.2, -0.15) is 0 Å². The molecule has 0 aliphatic carbocycles. The summed E-state index contributed by atoms with van der Waals surface area (Å²) in [7, 11) is 0. The van der Waals surface area contributed by atoms with Gasteiger partial charge in [0, 0.05) is 31.7 Å². The molecule has 1 heterocycles. The van der Waals surface area contributed by atoms with Crippen LogP contribution in [0.1, 0.15) is 18.4 Å². The summed E-state index contributed by atoms with van der Waals surface area (Å²) in [5, 5.41) is 12.6. The molecule has 0 saturated carbocycles. The Morgan fingerprint density at radius 3 is 2.71 bits per heavy atom. The van der Waals surface area contributed by atoms with Crippen molar-refractivity contribution in [2.75, 3.05) is 18.5 Å². The van der Waals surface area contributed by atoms with E-state index in [1.54, 1.807) is 0 Å². The Bertz CT molecular complexity index is 411. The molecule has 2 rings (SSSR count). The summed E-state index contributed by atoms with van der Waals surface area (Å²) in [5.74, 6) is -0.803. The third kappa shape index (κ3) is 2.58. The highest BCUT2D eigenvalue weighted by atomic mass is 16.5. The second-order valence-corrected chi connectivity index (χ2v) is 4.49. The lowest BCUT2D eigenvalue weighted by atomic mass is 9.89. The van der Waals surface area contributed by atoms with E-state index in [1.807, 2.05) is 31.2 Å². The van der Waals surface area contributed by atoms with Crippen LogP contribution in [0.2, 0.25) is 0 Å². The summed E-state index contributed by atoms with van der Waals surface area (Å²) in [6, 6.07) is 7.77. The summed E-state index contributed by atoms with van der Waals surface area (Å²) in [6.07, 6.45) is 0.993. The molecule has 1 aliphatic rings. The van der Waals surface area contributed by atoms with Crippen LogP contribution in [0.15, 0.2) is 24.3 Å². The van der Waals surface area contributed by atoms with E-state index in [0.29, 0.717) is 26.1 Å². The molecule has 0 amide bonds. The van der Waals surface area contributed by atoms with Gasteiger partial charge >= 0.3 is 5.97 Å². The molecule has 0 spiro atoms. The van der Waals surface area contributed by atoms with Gasteiger partial charge in [0.1, 0.15) is 5.54 Å². The molecule has 1 aliphatic heterocycles. The first-order valence-corrected chi connectivity index (χ1v) is 5.78. The van der Waals surface area contributed by atoms with E-state index in [2.05, 4.69) is 5.32 Å². The van der Waals surface area contributed by atoms with E-state index < -0.39 is 11.5 Å². The largest absolute Gasteiger partial charge is 0.480 e. The summed E-state index contributed by atoms with van der Waals surface area (Å²) >= 11 is 0. The second kappa shape index (κ2) is 4.75. The normalized spacial score (nSPS) is 18.6. The summed E-state index contributed by atoms with van der Waals surface area (Å²) in [6.45, 7) is 2.97. The molecule has 1 saturated heterocycles. The molecule has 0 unspecified atom stereocenters. The molecular weight excluding hydrogens is 218 g/mol. The first-order valence-electron chi connectivity index (χ1n) is 5.78. The number of aliphatic carboxylic acids is 1. The molecule has 1 fully saturated rings. The number of nitrogens with one attached hydrogen (secondary N) is 1. The van der Waals surface area contributed by atoms with Crippen LogP contribution in [0.5, 0.6) is 0 Å². The zero-order valence-corrected chi connectivity index (χ0v) is 9.90. The van der Waals surface area contributed by atoms with E-state index >= 15 is 0 Å². The number of hydrogen-bond donors (Lipinski definition) is 2. The van der Waals surface area contributed by atoms with Crippen LogP contribution in [0.4, 0.5) is 5.69 Å². The minimum Gasteiger partial charge on any atom is -0.480 e. The first kappa shape index (κ1) is 11.9. The quantitative estimate of drug-likeness (QED) is 0.841. The number of hydrogen-bond acceptors (Lipinski definition) is 3. The zero-order chi connectivity index (χ0) is 12.3. The van der Waals surface area contributed by atoms with Gasteiger partial charge < -0.3 is 15.2 Å². The number of benzene rings is 1. The predicted molar refractivity (Wildman–Crippen MR) is 65.2 cm³/mol. The van der Waals surface area contributed by atoms with E-state index in [9.17, 15) is 9.90 Å². The van der Waals surface area contributed by atoms with Crippen molar-refractivity contribution in [1.82, 2.24) is 0 Å². The summed E-state index contributed by atoms with van der Waals surface area (Å²) < 4.78 is 5.23. The smallest absolute Gasteiger partial charge is 0.329 e. The van der Waals surface area contributed by atoms with Crippen molar-refractivity contribution in [3.8, 4) is 0 Å². The molecule has 0 aromatic heterocycles. The average molecular weight is 235 g/mol. The fourth-order valence-corrected chi connectivity index (χ4v) is 2.11. The number of aryl methyl sites for hydroxylation is 1. The highest BCUT2D eigenvalue weighted by Gasteiger charge is 2.40. The molecular formula is C13H17NO3. The minimum atomic E-state index is -0.883. The molecule has 17 heavy (non-hydrogen) atoms. The lowest BCUT2D eigenvalue weighted by molar-refractivity contribution is -0.145. The van der Waals surface area contributed by atoms with Crippen LogP contribution in [-0.4, -0.2) is 29.8 Å². The van der Waals surface area contributed by atoms with Gasteiger partial charge in [-0.1, -0.05) is 12.1 Å². The first-order chi connectivity index (χ1) is 8.12. The van der Waals surface area contributed by atoms with Crippen LogP contribution >= 0.6 is 0 Å². The second-order valence-electron chi connectivity index (χ2n) is 4.49. The number of carboxylic acid groups (broad SMARTS) is 1. The van der Waals surface area contributed by atoms with Crippen molar-refractivity contribution in [1.29, 1.82) is 0 Å². The molecule has 2 N–H and O–H groups in total. The Morgan fingerprint density at radius 1 is 1.41 bits per heavy atom. The van der Waals surface area contributed by atoms with Crippen molar-refractivity contribution in [3.63, 3.8) is 0 Å². The summed E-state index contributed by atoms with van der Waals surface area (Å²) in [5.41, 5.74) is 1.09. The maximum atomic E-state index is 11.4. The van der Waals surface area contributed by atoms with Crippen molar-refractivity contribution in [2.45, 2.75) is 25.3 Å². The van der Waals surface area contributed by atoms with E-state index in [-0.39, 0.29) is 0 Å². The lowest BCUT2D eigenvalue weighted by Gasteiger charge is -2.34. The van der Waals surface area contributed by atoms with Crippen LogP contribution in [0.3, 0.4) is 0 Å². The molecule has 0 atom stereocenters. The predicted octanol–water partition coefficient (Wildman–Crippen LogP) is 2.04. The molecule has 92 valence electrons. The van der Waals surface area contributed by atoms with Gasteiger partial charge in [0.25, 0.3) is 0 Å². The Labute approximate surface area is 101 Å². The van der Waals surface area contributed by atoms with Crippen molar-refractivity contribution < 1.29 is 14.6 Å². The van der Waals surface area contributed by atoms with Crippen molar-refractivity contribution in [3.05, 3.63) is 29.8 Å². The number of rotatable bonds is 3. The highest BCUT2D eigenvalue weighted by molar-refractivity contribution is 5.83. The Hall–Kier alpha value is -1.55. The molecule has 0 bridgehead atoms. The lowest BCUT2D eigenvalue weighted by Crippen LogP contribution is -2.50. The fraction of sp³-hybridized carbons (Fsp3) is 0.462. The molecule has 1 aromatic rings. The standard InChI is InChI=1S/C13H17NO3/c1-10-3-2-4-11(9-10)14-13(12(15)16)5-7-17-8-6-13/h2-4,9,14H,5-8H2,1H3,(H,15,16). The topological polar surface area (TPSA) is 58.6 Å². The van der Waals surface area contributed by atoms with Gasteiger partial charge in [0.2, 0.25) is 0 Å². The van der Waals surface area contributed by atoms with Crippen LogP contribution < -0.4 is 5.32 Å². The van der Waals surface area contributed by atoms with E-state index in [1.165, 1.54) is 0 Å². The number of carboxylic acids is 1. The maximum absolute atomic E-state index is 11.4. The SMILES string of the molecule is Cc1cccc(NC2(C(=O)O)CCOCC2)c1. The van der Waals surface area contributed by atoms with Gasteiger partial charge in [-0.15, -0.1) is 0 Å². The number of ether oxygens (including phenoxy) is 1. The Morgan fingerprint density at radius 2 is 2.12 bits per heavy atom. The maximum Gasteiger partial charge on any atom is 0.329 e. The van der Waals surface area contributed by atoms with E-state index in [0.717, 1.165) is 11.3 Å². The zero-order valence-electron chi connectivity index (χ0n) is 9.90. The Balaban J connectivity index is 2.20. The average Bonchev–Trinajstić information content (AvgIpc) is 2.30. The molecule has 0 radical (unpaired) electrons. The number of anilines is 1. The third-order valence-electron chi connectivity index (χ3n) is 3.16. The summed E-state index contributed by atoms with van der Waals surface area (Å²) in [4.78, 5) is 11.4.